The van der Waals surface area contributed by atoms with Crippen molar-refractivity contribution >= 4 is 28.9 Å². The highest BCUT2D eigenvalue weighted by Gasteiger charge is 2.41. The van der Waals surface area contributed by atoms with Crippen molar-refractivity contribution in [1.29, 1.82) is 0 Å². The monoisotopic (exact) mass is 487 g/mol. The smallest absolute Gasteiger partial charge is 0.170 e. The number of pyridine rings is 2. The first-order valence-corrected chi connectivity index (χ1v) is 12.0. The largest absolute Gasteiger partial charge is 0.352 e. The van der Waals surface area contributed by atoms with Crippen molar-refractivity contribution in [2.24, 2.45) is 0 Å². The Balaban J connectivity index is 1.64. The van der Waals surface area contributed by atoms with Gasteiger partial charge < -0.3 is 14.8 Å². The molecule has 3 aromatic heterocycles. The molecule has 172 valence electrons. The normalized spacial score (nSPS) is 17.8. The van der Waals surface area contributed by atoms with Crippen molar-refractivity contribution < 1.29 is 0 Å². The summed E-state index contributed by atoms with van der Waals surface area (Å²) < 4.78 is 2.29. The first-order valence-electron chi connectivity index (χ1n) is 11.3. The standard InChI is InChI=1S/C27H26ClN5S/c1-17-7-8-21(28)15-24(17)33-18(2)14-22(19(33)3)26-25(23-6-4-5-11-30-23)31-27(34)32(26)16-20-9-12-29-13-10-20/h4-15,25-26H,16H2,1-3H3,(H,31,34)/t25-,26+/m1/s1. The molecule has 4 aromatic rings. The Labute approximate surface area is 210 Å². The third-order valence-electron chi connectivity index (χ3n) is 6.50. The maximum atomic E-state index is 6.38. The lowest BCUT2D eigenvalue weighted by Gasteiger charge is -2.28. The van der Waals surface area contributed by atoms with Crippen LogP contribution < -0.4 is 5.32 Å². The fraction of sp³-hybridized carbons (Fsp3) is 0.222. The molecule has 1 aliphatic rings. The van der Waals surface area contributed by atoms with Crippen LogP contribution in [0, 0.1) is 20.8 Å². The van der Waals surface area contributed by atoms with Gasteiger partial charge in [-0.1, -0.05) is 23.7 Å². The fourth-order valence-electron chi connectivity index (χ4n) is 4.88. The average Bonchev–Trinajstić information content (AvgIpc) is 3.31. The lowest BCUT2D eigenvalue weighted by Crippen LogP contribution is -2.29. The van der Waals surface area contributed by atoms with Crippen LogP contribution in [0.1, 0.15) is 45.9 Å². The SMILES string of the molecule is Cc1ccc(Cl)cc1-n1c(C)cc([C@H]2[C@@H](c3ccccn3)NC(=S)N2Cc2ccncc2)c1C. The molecule has 0 bridgehead atoms. The zero-order valence-corrected chi connectivity index (χ0v) is 20.9. The first kappa shape index (κ1) is 22.6. The Morgan fingerprint density at radius 2 is 1.79 bits per heavy atom. The summed E-state index contributed by atoms with van der Waals surface area (Å²) in [4.78, 5) is 11.1. The summed E-state index contributed by atoms with van der Waals surface area (Å²) in [5.74, 6) is 0. The lowest BCUT2D eigenvalue weighted by molar-refractivity contribution is 0.310. The summed E-state index contributed by atoms with van der Waals surface area (Å²) >= 11 is 12.2. The van der Waals surface area contributed by atoms with E-state index in [9.17, 15) is 0 Å². The van der Waals surface area contributed by atoms with Gasteiger partial charge in [-0.15, -0.1) is 0 Å². The summed E-state index contributed by atoms with van der Waals surface area (Å²) in [6, 6.07) is 18.3. The number of aryl methyl sites for hydroxylation is 2. The molecule has 5 rings (SSSR count). The van der Waals surface area contributed by atoms with Crippen LogP contribution in [-0.4, -0.2) is 24.5 Å². The molecular weight excluding hydrogens is 462 g/mol. The highest BCUT2D eigenvalue weighted by atomic mass is 35.5. The summed E-state index contributed by atoms with van der Waals surface area (Å²) in [7, 11) is 0. The van der Waals surface area contributed by atoms with Gasteiger partial charge in [0.05, 0.1) is 17.8 Å². The predicted molar refractivity (Wildman–Crippen MR) is 140 cm³/mol. The van der Waals surface area contributed by atoms with Gasteiger partial charge in [-0.2, -0.15) is 0 Å². The van der Waals surface area contributed by atoms with Crippen LogP contribution in [0.3, 0.4) is 0 Å². The summed E-state index contributed by atoms with van der Waals surface area (Å²) in [6.45, 7) is 7.11. The second kappa shape index (κ2) is 9.20. The van der Waals surface area contributed by atoms with E-state index >= 15 is 0 Å². The fourth-order valence-corrected chi connectivity index (χ4v) is 5.35. The third kappa shape index (κ3) is 4.08. The molecule has 0 amide bonds. The van der Waals surface area contributed by atoms with Crippen molar-refractivity contribution in [2.45, 2.75) is 39.4 Å². The Morgan fingerprint density at radius 1 is 1.00 bits per heavy atom. The molecule has 1 aromatic carbocycles. The number of rotatable bonds is 5. The van der Waals surface area contributed by atoms with Crippen LogP contribution in [0.15, 0.2) is 73.2 Å². The van der Waals surface area contributed by atoms with Crippen molar-refractivity contribution in [3.63, 3.8) is 0 Å². The minimum Gasteiger partial charge on any atom is -0.352 e. The van der Waals surface area contributed by atoms with E-state index in [1.54, 1.807) is 0 Å². The highest BCUT2D eigenvalue weighted by Crippen LogP contribution is 2.42. The Kier molecular flexibility index (Phi) is 6.11. The molecule has 1 fully saturated rings. The van der Waals surface area contributed by atoms with E-state index in [-0.39, 0.29) is 12.1 Å². The van der Waals surface area contributed by atoms with E-state index in [0.29, 0.717) is 6.54 Å². The molecule has 4 heterocycles. The summed E-state index contributed by atoms with van der Waals surface area (Å²) in [6.07, 6.45) is 5.48. The number of benzene rings is 1. The van der Waals surface area contributed by atoms with E-state index in [4.69, 9.17) is 23.8 Å². The molecule has 5 nitrogen and oxygen atoms in total. The minimum absolute atomic E-state index is 0.0185. The van der Waals surface area contributed by atoms with Gasteiger partial charge in [-0.3, -0.25) is 9.97 Å². The van der Waals surface area contributed by atoms with E-state index in [1.807, 2.05) is 55.0 Å². The number of halogens is 1. The van der Waals surface area contributed by atoms with Crippen LogP contribution >= 0.6 is 23.8 Å². The number of hydrogen-bond acceptors (Lipinski definition) is 3. The van der Waals surface area contributed by atoms with Gasteiger partial charge >= 0.3 is 0 Å². The third-order valence-corrected chi connectivity index (χ3v) is 7.09. The Hall–Kier alpha value is -3.22. The second-order valence-corrected chi connectivity index (χ2v) is 9.53. The van der Waals surface area contributed by atoms with Gasteiger partial charge in [0.25, 0.3) is 0 Å². The molecule has 2 atom stereocenters. The number of hydrogen-bond donors (Lipinski definition) is 1. The number of aromatic nitrogens is 3. The maximum absolute atomic E-state index is 6.38. The number of nitrogens with one attached hydrogen (secondary N) is 1. The average molecular weight is 488 g/mol. The molecule has 0 radical (unpaired) electrons. The quantitative estimate of drug-likeness (QED) is 0.349. The summed E-state index contributed by atoms with van der Waals surface area (Å²) in [5, 5.41) is 5.00. The van der Waals surface area contributed by atoms with E-state index < -0.39 is 0 Å². The zero-order chi connectivity index (χ0) is 23.8. The highest BCUT2D eigenvalue weighted by molar-refractivity contribution is 7.80. The van der Waals surface area contributed by atoms with Crippen LogP contribution in [0.25, 0.3) is 5.69 Å². The minimum atomic E-state index is -0.0649. The van der Waals surface area contributed by atoms with Crippen molar-refractivity contribution in [1.82, 2.24) is 24.8 Å². The predicted octanol–water partition coefficient (Wildman–Crippen LogP) is 6.02. The van der Waals surface area contributed by atoms with Crippen molar-refractivity contribution in [2.75, 3.05) is 0 Å². The van der Waals surface area contributed by atoms with E-state index in [1.165, 1.54) is 16.8 Å². The van der Waals surface area contributed by atoms with Gasteiger partial charge in [0.15, 0.2) is 5.11 Å². The molecule has 0 saturated carbocycles. The molecule has 0 unspecified atom stereocenters. The van der Waals surface area contributed by atoms with Gasteiger partial charge in [0.1, 0.15) is 0 Å². The van der Waals surface area contributed by atoms with Crippen molar-refractivity contribution in [3.8, 4) is 5.69 Å². The van der Waals surface area contributed by atoms with Gasteiger partial charge in [-0.05, 0) is 92.1 Å². The molecule has 0 aliphatic carbocycles. The van der Waals surface area contributed by atoms with Gasteiger partial charge in [0, 0.05) is 47.2 Å². The number of nitrogens with zero attached hydrogens (tertiary/aromatic N) is 4. The molecular formula is C27H26ClN5S. The molecule has 1 aliphatic heterocycles. The Morgan fingerprint density at radius 3 is 2.53 bits per heavy atom. The van der Waals surface area contributed by atoms with Gasteiger partial charge in [-0.25, -0.2) is 0 Å². The number of thiocarbonyl (C=S) groups is 1. The van der Waals surface area contributed by atoms with Crippen molar-refractivity contribution in [3.05, 3.63) is 112 Å². The maximum Gasteiger partial charge on any atom is 0.170 e. The molecule has 1 N–H and O–H groups in total. The molecule has 7 heteroatoms. The molecule has 1 saturated heterocycles. The zero-order valence-electron chi connectivity index (χ0n) is 19.4. The van der Waals surface area contributed by atoms with Crippen LogP contribution in [-0.2, 0) is 6.54 Å². The second-order valence-electron chi connectivity index (χ2n) is 8.70. The van der Waals surface area contributed by atoms with Gasteiger partial charge in [0.2, 0.25) is 0 Å². The van der Waals surface area contributed by atoms with E-state index in [0.717, 1.165) is 32.8 Å². The molecule has 0 spiro atoms. The lowest BCUT2D eigenvalue weighted by atomic mass is 9.96. The van der Waals surface area contributed by atoms with Crippen LogP contribution in [0.2, 0.25) is 5.02 Å². The first-order chi connectivity index (χ1) is 16.4. The topological polar surface area (TPSA) is 46.0 Å². The Bertz CT molecular complexity index is 1340. The van der Waals surface area contributed by atoms with E-state index in [2.05, 4.69) is 63.7 Å². The van der Waals surface area contributed by atoms with Crippen LogP contribution in [0.4, 0.5) is 0 Å². The van der Waals surface area contributed by atoms with Crippen LogP contribution in [0.5, 0.6) is 0 Å². The molecule has 34 heavy (non-hydrogen) atoms. The summed E-state index contributed by atoms with van der Waals surface area (Å²) in [5.41, 5.74) is 7.93.